The molecule has 5 nitrogen and oxygen atoms in total. The van der Waals surface area contributed by atoms with Crippen LogP contribution in [0.3, 0.4) is 0 Å². The van der Waals surface area contributed by atoms with Gasteiger partial charge in [-0.25, -0.2) is 8.42 Å². The second-order valence-corrected chi connectivity index (χ2v) is 9.72. The molecule has 0 aliphatic heterocycles. The van der Waals surface area contributed by atoms with Gasteiger partial charge in [0.1, 0.15) is 6.04 Å². The predicted octanol–water partition coefficient (Wildman–Crippen LogP) is 4.31. The lowest BCUT2D eigenvalue weighted by atomic mass is 9.96. The maximum absolute atomic E-state index is 13.1. The smallest absolute Gasteiger partial charge is 0.244 e. The summed E-state index contributed by atoms with van der Waals surface area (Å²) < 4.78 is 26.2. The molecule has 2 aromatic carbocycles. The Balaban J connectivity index is 2.29. The minimum atomic E-state index is -3.63. The van der Waals surface area contributed by atoms with Crippen LogP contribution in [0.15, 0.2) is 54.6 Å². The molecule has 158 valence electrons. The zero-order valence-electron chi connectivity index (χ0n) is 17.9. The number of aryl methyl sites for hydroxylation is 1. The number of hydrogen-bond acceptors (Lipinski definition) is 3. The van der Waals surface area contributed by atoms with Crippen molar-refractivity contribution < 1.29 is 13.2 Å². The van der Waals surface area contributed by atoms with Crippen LogP contribution in [0.5, 0.6) is 0 Å². The normalized spacial score (nSPS) is 13.7. The van der Waals surface area contributed by atoms with Gasteiger partial charge in [-0.3, -0.25) is 9.10 Å². The Kier molecular flexibility index (Phi) is 7.85. The van der Waals surface area contributed by atoms with E-state index in [4.69, 9.17) is 0 Å². The summed E-state index contributed by atoms with van der Waals surface area (Å²) in [7, 11) is -3.63. The van der Waals surface area contributed by atoms with E-state index in [1.807, 2.05) is 49.4 Å². The fourth-order valence-electron chi connectivity index (χ4n) is 3.41. The maximum atomic E-state index is 13.1. The second kappa shape index (κ2) is 9.92. The van der Waals surface area contributed by atoms with Crippen molar-refractivity contribution in [2.45, 2.75) is 52.6 Å². The number of sulfonamides is 1. The van der Waals surface area contributed by atoms with Gasteiger partial charge in [0, 0.05) is 0 Å². The van der Waals surface area contributed by atoms with E-state index in [1.54, 1.807) is 19.1 Å². The lowest BCUT2D eigenvalue weighted by Gasteiger charge is -2.30. The monoisotopic (exact) mass is 416 g/mol. The molecule has 0 spiro atoms. The number of anilines is 1. The highest BCUT2D eigenvalue weighted by molar-refractivity contribution is 7.92. The summed E-state index contributed by atoms with van der Waals surface area (Å²) in [5.41, 5.74) is 2.62. The molecule has 6 heteroatoms. The third kappa shape index (κ3) is 6.32. The van der Waals surface area contributed by atoms with Gasteiger partial charge in [0.2, 0.25) is 15.9 Å². The molecule has 1 N–H and O–H groups in total. The molecular weight excluding hydrogens is 384 g/mol. The van der Waals surface area contributed by atoms with Crippen molar-refractivity contribution in [3.63, 3.8) is 0 Å². The molecule has 0 aliphatic carbocycles. The number of nitrogens with zero attached hydrogens (tertiary/aromatic N) is 1. The van der Waals surface area contributed by atoms with Crippen molar-refractivity contribution in [3.8, 4) is 0 Å². The molecule has 0 unspecified atom stereocenters. The molecule has 0 fully saturated rings. The Morgan fingerprint density at radius 2 is 1.59 bits per heavy atom. The summed E-state index contributed by atoms with van der Waals surface area (Å²) in [6, 6.07) is 16.0. The Morgan fingerprint density at radius 1 is 1.00 bits per heavy atom. The van der Waals surface area contributed by atoms with Crippen LogP contribution >= 0.6 is 0 Å². The lowest BCUT2D eigenvalue weighted by molar-refractivity contribution is -0.122. The standard InChI is InChI=1S/C23H32N2O3S/c1-6-19-12-14-21(15-13-19)25(29(5,27)28)18(4)23(26)24-22(16-17(2)3)20-10-8-7-9-11-20/h7-15,17-18,22H,6,16H2,1-5H3,(H,24,26)/t18-,22+/m1/s1. The average molecular weight is 417 g/mol. The lowest BCUT2D eigenvalue weighted by Crippen LogP contribution is -2.48. The van der Waals surface area contributed by atoms with Gasteiger partial charge in [0.25, 0.3) is 0 Å². The van der Waals surface area contributed by atoms with Gasteiger partial charge in [-0.2, -0.15) is 0 Å². The van der Waals surface area contributed by atoms with Crippen molar-refractivity contribution in [1.29, 1.82) is 0 Å². The molecule has 0 aliphatic rings. The first kappa shape index (κ1) is 22.9. The van der Waals surface area contributed by atoms with Gasteiger partial charge in [-0.15, -0.1) is 0 Å². The largest absolute Gasteiger partial charge is 0.347 e. The number of carbonyl (C=O) groups excluding carboxylic acids is 1. The molecule has 0 heterocycles. The van der Waals surface area contributed by atoms with Crippen LogP contribution in [-0.4, -0.2) is 26.6 Å². The Hall–Kier alpha value is -2.34. The van der Waals surface area contributed by atoms with Crippen LogP contribution in [0, 0.1) is 5.92 Å². The van der Waals surface area contributed by atoms with E-state index in [2.05, 4.69) is 19.2 Å². The number of carbonyl (C=O) groups is 1. The van der Waals surface area contributed by atoms with Gasteiger partial charge >= 0.3 is 0 Å². The summed E-state index contributed by atoms with van der Waals surface area (Å²) >= 11 is 0. The zero-order valence-corrected chi connectivity index (χ0v) is 18.7. The number of nitrogens with one attached hydrogen (secondary N) is 1. The van der Waals surface area contributed by atoms with Gasteiger partial charge in [0.15, 0.2) is 0 Å². The number of amides is 1. The van der Waals surface area contributed by atoms with Crippen LogP contribution in [0.25, 0.3) is 0 Å². The van der Waals surface area contributed by atoms with E-state index >= 15 is 0 Å². The van der Waals surface area contributed by atoms with E-state index in [0.29, 0.717) is 11.6 Å². The highest BCUT2D eigenvalue weighted by atomic mass is 32.2. The number of hydrogen-bond donors (Lipinski definition) is 1. The molecule has 0 radical (unpaired) electrons. The predicted molar refractivity (Wildman–Crippen MR) is 119 cm³/mol. The van der Waals surface area contributed by atoms with Gasteiger partial charge in [-0.1, -0.05) is 63.2 Å². The first-order valence-electron chi connectivity index (χ1n) is 10.1. The molecule has 0 saturated carbocycles. The molecule has 29 heavy (non-hydrogen) atoms. The van der Waals surface area contributed by atoms with E-state index in [1.165, 1.54) is 4.31 Å². The highest BCUT2D eigenvalue weighted by Crippen LogP contribution is 2.24. The minimum absolute atomic E-state index is 0.171. The van der Waals surface area contributed by atoms with Crippen molar-refractivity contribution in [2.75, 3.05) is 10.6 Å². The Morgan fingerprint density at radius 3 is 2.07 bits per heavy atom. The van der Waals surface area contributed by atoms with Crippen molar-refractivity contribution in [3.05, 3.63) is 65.7 Å². The molecule has 2 aromatic rings. The van der Waals surface area contributed by atoms with E-state index < -0.39 is 16.1 Å². The first-order valence-corrected chi connectivity index (χ1v) is 11.9. The van der Waals surface area contributed by atoms with E-state index in [0.717, 1.165) is 30.2 Å². The number of benzene rings is 2. The fourth-order valence-corrected chi connectivity index (χ4v) is 4.59. The van der Waals surface area contributed by atoms with Crippen LogP contribution in [-0.2, 0) is 21.2 Å². The van der Waals surface area contributed by atoms with Crippen molar-refractivity contribution in [1.82, 2.24) is 5.32 Å². The molecule has 0 saturated heterocycles. The van der Waals surface area contributed by atoms with Gasteiger partial charge in [-0.05, 0) is 48.9 Å². The van der Waals surface area contributed by atoms with E-state index in [9.17, 15) is 13.2 Å². The third-order valence-corrected chi connectivity index (χ3v) is 6.15. The molecule has 0 bridgehead atoms. The van der Waals surface area contributed by atoms with Crippen molar-refractivity contribution in [2.24, 2.45) is 5.92 Å². The quantitative estimate of drug-likeness (QED) is 0.662. The van der Waals surface area contributed by atoms with Gasteiger partial charge in [0.05, 0.1) is 18.0 Å². The average Bonchev–Trinajstić information content (AvgIpc) is 2.67. The van der Waals surface area contributed by atoms with Crippen LogP contribution in [0.2, 0.25) is 0 Å². The molecule has 2 rings (SSSR count). The molecular formula is C23H32N2O3S. The summed E-state index contributed by atoms with van der Waals surface area (Å²) in [5.74, 6) is 0.0629. The Bertz CT molecular complexity index is 893. The summed E-state index contributed by atoms with van der Waals surface area (Å²) in [5, 5.41) is 3.06. The number of rotatable bonds is 9. The molecule has 2 atom stereocenters. The first-order chi connectivity index (χ1) is 13.6. The Labute approximate surface area is 175 Å². The molecule has 0 aromatic heterocycles. The fraction of sp³-hybridized carbons (Fsp3) is 0.435. The van der Waals surface area contributed by atoms with Crippen LogP contribution < -0.4 is 9.62 Å². The molecule has 1 amide bonds. The summed E-state index contributed by atoms with van der Waals surface area (Å²) in [6.45, 7) is 7.87. The maximum Gasteiger partial charge on any atom is 0.244 e. The summed E-state index contributed by atoms with van der Waals surface area (Å²) in [6.07, 6.45) is 2.77. The third-order valence-electron chi connectivity index (χ3n) is 4.91. The second-order valence-electron chi connectivity index (χ2n) is 7.86. The zero-order chi connectivity index (χ0) is 21.6. The van der Waals surface area contributed by atoms with Crippen LogP contribution in [0.1, 0.15) is 51.3 Å². The van der Waals surface area contributed by atoms with Crippen molar-refractivity contribution >= 4 is 21.6 Å². The highest BCUT2D eigenvalue weighted by Gasteiger charge is 2.30. The van der Waals surface area contributed by atoms with E-state index in [-0.39, 0.29) is 11.9 Å². The summed E-state index contributed by atoms with van der Waals surface area (Å²) in [4.78, 5) is 13.1. The van der Waals surface area contributed by atoms with Gasteiger partial charge < -0.3 is 5.32 Å². The minimum Gasteiger partial charge on any atom is -0.347 e. The SMILES string of the molecule is CCc1ccc(N([C@H](C)C(=O)N[C@@H](CC(C)C)c2ccccc2)S(C)(=O)=O)cc1. The van der Waals surface area contributed by atoms with Crippen LogP contribution in [0.4, 0.5) is 5.69 Å². The topological polar surface area (TPSA) is 66.5 Å².